The number of hydrogen-bond acceptors (Lipinski definition) is 2. The standard InChI is InChI=1S/C16H19NO3/c1-16(15(19)20,13-6-7-13)17-14(18)12-8-10-4-2-3-5-11(10)9-12/h2-5,12-13H,6-9H2,1H3,(H,17,18)(H,19,20). The van der Waals surface area contributed by atoms with Crippen LogP contribution in [0.4, 0.5) is 0 Å². The fourth-order valence-electron chi connectivity index (χ4n) is 3.09. The molecule has 0 heterocycles. The second-order valence-corrected chi connectivity index (χ2v) is 6.14. The fraction of sp³-hybridized carbons (Fsp3) is 0.500. The Kier molecular flexibility index (Phi) is 3.04. The van der Waals surface area contributed by atoms with Crippen LogP contribution in [0.25, 0.3) is 0 Å². The number of carboxylic acid groups (broad SMARTS) is 1. The maximum Gasteiger partial charge on any atom is 0.329 e. The molecule has 1 fully saturated rings. The van der Waals surface area contributed by atoms with Crippen LogP contribution in [-0.4, -0.2) is 22.5 Å². The molecule has 1 aromatic rings. The van der Waals surface area contributed by atoms with Gasteiger partial charge in [0.05, 0.1) is 0 Å². The lowest BCUT2D eigenvalue weighted by molar-refractivity contribution is -0.148. The van der Waals surface area contributed by atoms with Crippen LogP contribution in [0.2, 0.25) is 0 Å². The van der Waals surface area contributed by atoms with E-state index in [0.29, 0.717) is 12.8 Å². The van der Waals surface area contributed by atoms with E-state index < -0.39 is 11.5 Å². The molecular formula is C16H19NO3. The molecule has 2 aliphatic rings. The summed E-state index contributed by atoms with van der Waals surface area (Å²) in [5, 5.41) is 12.2. The first-order chi connectivity index (χ1) is 9.50. The Morgan fingerprint density at radius 1 is 1.20 bits per heavy atom. The van der Waals surface area contributed by atoms with E-state index in [-0.39, 0.29) is 17.7 Å². The van der Waals surface area contributed by atoms with E-state index >= 15 is 0 Å². The molecule has 0 aliphatic heterocycles. The smallest absolute Gasteiger partial charge is 0.329 e. The molecule has 4 heteroatoms. The van der Waals surface area contributed by atoms with Gasteiger partial charge in [0.2, 0.25) is 5.91 Å². The molecule has 1 saturated carbocycles. The first-order valence-electron chi connectivity index (χ1n) is 7.13. The van der Waals surface area contributed by atoms with Gasteiger partial charge in [0.15, 0.2) is 0 Å². The number of carbonyl (C=O) groups is 2. The fourth-order valence-corrected chi connectivity index (χ4v) is 3.09. The summed E-state index contributed by atoms with van der Waals surface area (Å²) in [6.07, 6.45) is 3.19. The van der Waals surface area contributed by atoms with Crippen molar-refractivity contribution in [1.29, 1.82) is 0 Å². The van der Waals surface area contributed by atoms with Gasteiger partial charge in [-0.05, 0) is 49.7 Å². The Balaban J connectivity index is 1.70. The third kappa shape index (κ3) is 2.19. The molecule has 20 heavy (non-hydrogen) atoms. The molecule has 0 radical (unpaired) electrons. The summed E-state index contributed by atoms with van der Waals surface area (Å²) in [5.74, 6) is -1.11. The van der Waals surface area contributed by atoms with Gasteiger partial charge >= 0.3 is 5.97 Å². The molecule has 0 saturated heterocycles. The van der Waals surface area contributed by atoms with Gasteiger partial charge in [0, 0.05) is 5.92 Å². The SMILES string of the molecule is CC(NC(=O)C1Cc2ccccc2C1)(C(=O)O)C1CC1. The third-order valence-electron chi connectivity index (χ3n) is 4.64. The van der Waals surface area contributed by atoms with Gasteiger partial charge < -0.3 is 10.4 Å². The number of amides is 1. The van der Waals surface area contributed by atoms with Crippen LogP contribution >= 0.6 is 0 Å². The molecule has 0 aromatic heterocycles. The maximum absolute atomic E-state index is 12.4. The van der Waals surface area contributed by atoms with E-state index in [9.17, 15) is 14.7 Å². The number of hydrogen-bond donors (Lipinski definition) is 2. The highest BCUT2D eigenvalue weighted by molar-refractivity contribution is 5.89. The van der Waals surface area contributed by atoms with Crippen LogP contribution in [-0.2, 0) is 22.4 Å². The Hall–Kier alpha value is -1.84. The minimum Gasteiger partial charge on any atom is -0.480 e. The van der Waals surface area contributed by atoms with Gasteiger partial charge in [-0.25, -0.2) is 4.79 Å². The summed E-state index contributed by atoms with van der Waals surface area (Å²) in [6.45, 7) is 1.63. The van der Waals surface area contributed by atoms with Crippen molar-refractivity contribution in [3.8, 4) is 0 Å². The van der Waals surface area contributed by atoms with Crippen molar-refractivity contribution in [3.63, 3.8) is 0 Å². The summed E-state index contributed by atoms with van der Waals surface area (Å²) in [7, 11) is 0. The summed E-state index contributed by atoms with van der Waals surface area (Å²) in [5.41, 5.74) is 1.30. The summed E-state index contributed by atoms with van der Waals surface area (Å²) >= 11 is 0. The number of carboxylic acids is 1. The Bertz CT molecular complexity index is 540. The van der Waals surface area contributed by atoms with Gasteiger partial charge in [0.1, 0.15) is 5.54 Å². The van der Waals surface area contributed by atoms with Crippen LogP contribution < -0.4 is 5.32 Å². The molecule has 4 nitrogen and oxygen atoms in total. The number of carbonyl (C=O) groups excluding carboxylic acids is 1. The average molecular weight is 273 g/mol. The highest BCUT2D eigenvalue weighted by atomic mass is 16.4. The minimum atomic E-state index is -1.11. The van der Waals surface area contributed by atoms with Gasteiger partial charge in [-0.15, -0.1) is 0 Å². The number of fused-ring (bicyclic) bond motifs is 1. The van der Waals surface area contributed by atoms with Crippen LogP contribution in [0.1, 0.15) is 30.9 Å². The molecule has 0 bridgehead atoms. The second-order valence-electron chi connectivity index (χ2n) is 6.14. The van der Waals surface area contributed by atoms with E-state index in [4.69, 9.17) is 0 Å². The summed E-state index contributed by atoms with van der Waals surface area (Å²) < 4.78 is 0. The highest BCUT2D eigenvalue weighted by Gasteiger charge is 2.49. The quantitative estimate of drug-likeness (QED) is 0.878. The largest absolute Gasteiger partial charge is 0.480 e. The van der Waals surface area contributed by atoms with Crippen LogP contribution in [0.3, 0.4) is 0 Å². The topological polar surface area (TPSA) is 66.4 Å². The van der Waals surface area contributed by atoms with E-state index in [1.54, 1.807) is 6.92 Å². The monoisotopic (exact) mass is 273 g/mol. The highest BCUT2D eigenvalue weighted by Crippen LogP contribution is 2.40. The maximum atomic E-state index is 12.4. The minimum absolute atomic E-state index is 0.0766. The van der Waals surface area contributed by atoms with Gasteiger partial charge in [-0.3, -0.25) is 4.79 Å². The van der Waals surface area contributed by atoms with Crippen molar-refractivity contribution in [2.75, 3.05) is 0 Å². The molecule has 0 spiro atoms. The Labute approximate surface area is 118 Å². The summed E-state index contributed by atoms with van der Waals surface area (Å²) in [6, 6.07) is 8.04. The number of aliphatic carboxylic acids is 1. The zero-order valence-corrected chi connectivity index (χ0v) is 11.6. The molecule has 1 aromatic carbocycles. The lowest BCUT2D eigenvalue weighted by atomic mass is 9.94. The van der Waals surface area contributed by atoms with Crippen LogP contribution in [0.5, 0.6) is 0 Å². The zero-order valence-electron chi connectivity index (χ0n) is 11.6. The first kappa shape index (κ1) is 13.2. The predicted octanol–water partition coefficient (Wildman–Crippen LogP) is 1.77. The van der Waals surface area contributed by atoms with Crippen molar-refractivity contribution in [2.24, 2.45) is 11.8 Å². The molecule has 1 amide bonds. The van der Waals surface area contributed by atoms with E-state index in [0.717, 1.165) is 12.8 Å². The molecular weight excluding hydrogens is 254 g/mol. The Morgan fingerprint density at radius 2 is 1.75 bits per heavy atom. The number of rotatable bonds is 4. The molecule has 2 N–H and O–H groups in total. The van der Waals surface area contributed by atoms with Crippen molar-refractivity contribution < 1.29 is 14.7 Å². The van der Waals surface area contributed by atoms with E-state index in [1.807, 2.05) is 24.3 Å². The third-order valence-corrected chi connectivity index (χ3v) is 4.64. The Morgan fingerprint density at radius 3 is 2.20 bits per heavy atom. The molecule has 106 valence electrons. The van der Waals surface area contributed by atoms with Crippen molar-refractivity contribution in [2.45, 2.75) is 38.1 Å². The molecule has 3 rings (SSSR count). The normalized spacial score (nSPS) is 21.1. The van der Waals surface area contributed by atoms with Gasteiger partial charge in [-0.1, -0.05) is 24.3 Å². The lowest BCUT2D eigenvalue weighted by Gasteiger charge is -2.27. The van der Waals surface area contributed by atoms with Crippen molar-refractivity contribution in [1.82, 2.24) is 5.32 Å². The zero-order chi connectivity index (χ0) is 14.3. The van der Waals surface area contributed by atoms with Crippen LogP contribution in [0.15, 0.2) is 24.3 Å². The van der Waals surface area contributed by atoms with E-state index in [2.05, 4.69) is 5.32 Å². The number of nitrogens with one attached hydrogen (secondary N) is 1. The predicted molar refractivity (Wildman–Crippen MR) is 74.2 cm³/mol. The molecule has 1 unspecified atom stereocenters. The second kappa shape index (κ2) is 4.62. The first-order valence-corrected chi connectivity index (χ1v) is 7.13. The lowest BCUT2D eigenvalue weighted by Crippen LogP contribution is -2.55. The van der Waals surface area contributed by atoms with Crippen molar-refractivity contribution in [3.05, 3.63) is 35.4 Å². The molecule has 1 atom stereocenters. The average Bonchev–Trinajstić information content (AvgIpc) is 3.17. The van der Waals surface area contributed by atoms with E-state index in [1.165, 1.54) is 11.1 Å². The summed E-state index contributed by atoms with van der Waals surface area (Å²) in [4.78, 5) is 23.8. The molecule has 2 aliphatic carbocycles. The van der Waals surface area contributed by atoms with Crippen LogP contribution in [0, 0.1) is 11.8 Å². The van der Waals surface area contributed by atoms with Gasteiger partial charge in [0.25, 0.3) is 0 Å². The number of benzene rings is 1. The van der Waals surface area contributed by atoms with Crippen molar-refractivity contribution >= 4 is 11.9 Å². The van der Waals surface area contributed by atoms with Gasteiger partial charge in [-0.2, -0.15) is 0 Å².